The van der Waals surface area contributed by atoms with Crippen molar-refractivity contribution < 1.29 is 19.1 Å². The molecule has 1 aliphatic carbocycles. The molecule has 1 saturated carbocycles. The van der Waals surface area contributed by atoms with Crippen LogP contribution in [0.15, 0.2) is 24.3 Å². The summed E-state index contributed by atoms with van der Waals surface area (Å²) in [5, 5.41) is 5.95. The molecule has 3 unspecified atom stereocenters. The first-order valence-corrected chi connectivity index (χ1v) is 13.2. The van der Waals surface area contributed by atoms with Crippen molar-refractivity contribution in [2.75, 3.05) is 6.54 Å². The van der Waals surface area contributed by atoms with E-state index in [0.717, 1.165) is 25.7 Å². The van der Waals surface area contributed by atoms with Crippen molar-refractivity contribution in [1.29, 1.82) is 0 Å². The van der Waals surface area contributed by atoms with Gasteiger partial charge in [-0.1, -0.05) is 63.7 Å². The Hall–Kier alpha value is -3.01. The lowest BCUT2D eigenvalue weighted by atomic mass is 9.92. The number of hydrogen-bond acceptors (Lipinski definition) is 4. The normalized spacial score (nSPS) is 16.7. The molecule has 0 spiro atoms. The van der Waals surface area contributed by atoms with Gasteiger partial charge in [0.25, 0.3) is 0 Å². The van der Waals surface area contributed by atoms with Crippen LogP contribution in [0.3, 0.4) is 0 Å². The van der Waals surface area contributed by atoms with Gasteiger partial charge in [-0.3, -0.25) is 9.59 Å². The van der Waals surface area contributed by atoms with Crippen LogP contribution in [0.5, 0.6) is 0 Å². The fourth-order valence-corrected chi connectivity index (χ4v) is 4.61. The molecule has 1 aromatic rings. The Morgan fingerprint density at radius 2 is 1.78 bits per heavy atom. The minimum Gasteiger partial charge on any atom is -0.444 e. The minimum absolute atomic E-state index is 0.0748. The zero-order chi connectivity index (χ0) is 26.9. The van der Waals surface area contributed by atoms with Crippen molar-refractivity contribution >= 4 is 17.9 Å². The Morgan fingerprint density at radius 1 is 1.14 bits per heavy atom. The highest BCUT2D eigenvalue weighted by Crippen LogP contribution is 2.28. The van der Waals surface area contributed by atoms with Crippen LogP contribution in [0.1, 0.15) is 97.2 Å². The van der Waals surface area contributed by atoms with Gasteiger partial charge in [-0.2, -0.15) is 0 Å². The Bertz CT molecular complexity index is 941. The fraction of sp³-hybridized carbons (Fsp3) is 0.621. The molecule has 36 heavy (non-hydrogen) atoms. The van der Waals surface area contributed by atoms with Crippen LogP contribution in [0.25, 0.3) is 0 Å². The second-order valence-electron chi connectivity index (χ2n) is 10.6. The van der Waals surface area contributed by atoms with Crippen molar-refractivity contribution in [3.8, 4) is 12.3 Å². The SMILES string of the molecule is C#Cc1ccccc1C(C(=O)NC1CCCCC1)N(CC)C(=O)C(NC(=O)OC(C)(C)C)C(C)CC. The third kappa shape index (κ3) is 8.01. The van der Waals surface area contributed by atoms with E-state index in [2.05, 4.69) is 16.6 Å². The second kappa shape index (κ2) is 13.3. The lowest BCUT2D eigenvalue weighted by Crippen LogP contribution is -2.55. The molecule has 198 valence electrons. The second-order valence-corrected chi connectivity index (χ2v) is 10.6. The van der Waals surface area contributed by atoms with Crippen molar-refractivity contribution in [2.45, 2.75) is 104 Å². The van der Waals surface area contributed by atoms with E-state index in [9.17, 15) is 14.4 Å². The topological polar surface area (TPSA) is 87.7 Å². The number of carbonyl (C=O) groups excluding carboxylic acids is 3. The van der Waals surface area contributed by atoms with Gasteiger partial charge in [0.15, 0.2) is 0 Å². The summed E-state index contributed by atoms with van der Waals surface area (Å²) in [6.45, 7) is 11.3. The predicted octanol–water partition coefficient (Wildman–Crippen LogP) is 4.95. The summed E-state index contributed by atoms with van der Waals surface area (Å²) in [5.41, 5.74) is 0.461. The Morgan fingerprint density at radius 3 is 2.33 bits per heavy atom. The number of hydrogen-bond donors (Lipinski definition) is 2. The van der Waals surface area contributed by atoms with E-state index in [0.29, 0.717) is 17.5 Å². The van der Waals surface area contributed by atoms with Gasteiger partial charge in [0.1, 0.15) is 17.7 Å². The van der Waals surface area contributed by atoms with E-state index >= 15 is 0 Å². The first-order valence-electron chi connectivity index (χ1n) is 13.2. The maximum absolute atomic E-state index is 14.0. The van der Waals surface area contributed by atoms with E-state index in [4.69, 9.17) is 11.2 Å². The van der Waals surface area contributed by atoms with Gasteiger partial charge in [0.2, 0.25) is 11.8 Å². The summed E-state index contributed by atoms with van der Waals surface area (Å²) in [4.78, 5) is 41.9. The molecule has 1 aliphatic rings. The highest BCUT2D eigenvalue weighted by atomic mass is 16.6. The van der Waals surface area contributed by atoms with Crippen LogP contribution in [0.4, 0.5) is 4.79 Å². The Labute approximate surface area is 216 Å². The lowest BCUT2D eigenvalue weighted by molar-refractivity contribution is -0.143. The van der Waals surface area contributed by atoms with E-state index in [-0.39, 0.29) is 30.3 Å². The molecule has 7 heteroatoms. The quantitative estimate of drug-likeness (QED) is 0.473. The zero-order valence-corrected chi connectivity index (χ0v) is 22.7. The van der Waals surface area contributed by atoms with Crippen molar-refractivity contribution in [3.05, 3.63) is 35.4 Å². The number of nitrogens with one attached hydrogen (secondary N) is 2. The molecule has 3 atom stereocenters. The molecule has 0 aliphatic heterocycles. The molecule has 1 fully saturated rings. The van der Waals surface area contributed by atoms with Gasteiger partial charge in [-0.05, 0) is 58.1 Å². The highest BCUT2D eigenvalue weighted by Gasteiger charge is 2.38. The van der Waals surface area contributed by atoms with Crippen LogP contribution in [-0.4, -0.2) is 47.0 Å². The average molecular weight is 498 g/mol. The highest BCUT2D eigenvalue weighted by molar-refractivity contribution is 5.92. The number of alkyl carbamates (subject to hydrolysis) is 1. The van der Waals surface area contributed by atoms with Crippen LogP contribution in [0, 0.1) is 18.3 Å². The maximum Gasteiger partial charge on any atom is 0.408 e. The van der Waals surface area contributed by atoms with Crippen LogP contribution in [-0.2, 0) is 14.3 Å². The number of amides is 3. The van der Waals surface area contributed by atoms with Gasteiger partial charge in [-0.15, -0.1) is 6.42 Å². The van der Waals surface area contributed by atoms with Crippen LogP contribution < -0.4 is 10.6 Å². The molecule has 0 radical (unpaired) electrons. The Kier molecular flexibility index (Phi) is 10.8. The molecule has 0 bridgehead atoms. The molecule has 7 nitrogen and oxygen atoms in total. The molecule has 0 aromatic heterocycles. The zero-order valence-electron chi connectivity index (χ0n) is 22.7. The smallest absolute Gasteiger partial charge is 0.408 e. The van der Waals surface area contributed by atoms with E-state index < -0.39 is 23.8 Å². The van der Waals surface area contributed by atoms with Crippen LogP contribution >= 0.6 is 0 Å². The molecule has 0 saturated heterocycles. The van der Waals surface area contributed by atoms with E-state index in [1.165, 1.54) is 11.3 Å². The predicted molar refractivity (Wildman–Crippen MR) is 142 cm³/mol. The van der Waals surface area contributed by atoms with Gasteiger partial charge in [0.05, 0.1) is 0 Å². The monoisotopic (exact) mass is 497 g/mol. The number of likely N-dealkylation sites (N-methyl/N-ethyl adjacent to an activating group) is 1. The average Bonchev–Trinajstić information content (AvgIpc) is 2.84. The first kappa shape index (κ1) is 29.2. The molecule has 2 rings (SSSR count). The summed E-state index contributed by atoms with van der Waals surface area (Å²) in [7, 11) is 0. The van der Waals surface area contributed by atoms with Crippen molar-refractivity contribution in [1.82, 2.24) is 15.5 Å². The number of terminal acetylenes is 1. The molecular weight excluding hydrogens is 454 g/mol. The standard InChI is InChI=1S/C29H43N3O4/c1-8-20(4)24(31-28(35)36-29(5,6)7)27(34)32(10-3)25(23-19-15-14-16-21(23)9-2)26(33)30-22-17-12-11-13-18-22/h2,14-16,19-20,22,24-25H,8,10-13,17-18H2,1,3-7H3,(H,30,33)(H,31,35). The number of rotatable bonds is 9. The summed E-state index contributed by atoms with van der Waals surface area (Å²) >= 11 is 0. The summed E-state index contributed by atoms with van der Waals surface area (Å²) in [5.74, 6) is 1.90. The molecule has 2 N–H and O–H groups in total. The number of ether oxygens (including phenoxy) is 1. The first-order chi connectivity index (χ1) is 17.0. The van der Waals surface area contributed by atoms with Gasteiger partial charge < -0.3 is 20.3 Å². The van der Waals surface area contributed by atoms with Gasteiger partial charge in [0, 0.05) is 18.2 Å². The maximum atomic E-state index is 14.0. The molecule has 3 amide bonds. The van der Waals surface area contributed by atoms with Crippen LogP contribution in [0.2, 0.25) is 0 Å². The fourth-order valence-electron chi connectivity index (χ4n) is 4.61. The molecule has 0 heterocycles. The summed E-state index contributed by atoms with van der Waals surface area (Å²) in [6.07, 6.45) is 10.9. The molecule has 1 aromatic carbocycles. The Balaban J connectivity index is 2.45. The molecular formula is C29H43N3O4. The van der Waals surface area contributed by atoms with E-state index in [1.807, 2.05) is 32.9 Å². The van der Waals surface area contributed by atoms with Gasteiger partial charge in [-0.25, -0.2) is 4.79 Å². The number of nitrogens with zero attached hydrogens (tertiary/aromatic N) is 1. The van der Waals surface area contributed by atoms with Gasteiger partial charge >= 0.3 is 6.09 Å². The van der Waals surface area contributed by atoms with Crippen molar-refractivity contribution in [3.63, 3.8) is 0 Å². The summed E-state index contributed by atoms with van der Waals surface area (Å²) in [6, 6.07) is 5.52. The summed E-state index contributed by atoms with van der Waals surface area (Å²) < 4.78 is 5.43. The largest absolute Gasteiger partial charge is 0.444 e. The number of benzene rings is 1. The third-order valence-electron chi connectivity index (χ3n) is 6.70. The third-order valence-corrected chi connectivity index (χ3v) is 6.70. The lowest BCUT2D eigenvalue weighted by Gasteiger charge is -2.36. The number of carbonyl (C=O) groups is 3. The minimum atomic E-state index is -0.913. The van der Waals surface area contributed by atoms with Crippen molar-refractivity contribution in [2.24, 2.45) is 5.92 Å². The van der Waals surface area contributed by atoms with E-state index in [1.54, 1.807) is 32.9 Å².